The average Bonchev–Trinajstić information content (AvgIpc) is 3.09. The molecule has 1 heterocycles. The SMILES string of the molecule is O=C(OCc1nnc(-c2ccccc2)o1)C1CC2CCCC(C1)C2=O. The number of ketones is 1. The first-order valence-electron chi connectivity index (χ1n) is 8.79. The van der Waals surface area contributed by atoms with Gasteiger partial charge in [-0.2, -0.15) is 0 Å². The summed E-state index contributed by atoms with van der Waals surface area (Å²) in [5.74, 6) is 0.660. The number of carbonyl (C=O) groups is 2. The number of esters is 1. The Balaban J connectivity index is 1.35. The van der Waals surface area contributed by atoms with Crippen LogP contribution in [0.2, 0.25) is 0 Å². The van der Waals surface area contributed by atoms with Gasteiger partial charge in [0.2, 0.25) is 5.89 Å². The summed E-state index contributed by atoms with van der Waals surface area (Å²) in [7, 11) is 0. The topological polar surface area (TPSA) is 82.3 Å². The van der Waals surface area contributed by atoms with E-state index in [0.717, 1.165) is 24.8 Å². The molecule has 0 radical (unpaired) electrons. The number of benzene rings is 1. The third-order valence-electron chi connectivity index (χ3n) is 5.21. The third-order valence-corrected chi connectivity index (χ3v) is 5.21. The van der Waals surface area contributed by atoms with Crippen molar-refractivity contribution in [3.8, 4) is 11.5 Å². The molecule has 0 aliphatic heterocycles. The van der Waals surface area contributed by atoms with Gasteiger partial charge in [0.25, 0.3) is 5.89 Å². The lowest BCUT2D eigenvalue weighted by Gasteiger charge is -2.36. The summed E-state index contributed by atoms with van der Waals surface area (Å²) in [4.78, 5) is 24.5. The molecule has 0 spiro atoms. The van der Waals surface area contributed by atoms with E-state index in [1.54, 1.807) is 0 Å². The quantitative estimate of drug-likeness (QED) is 0.795. The summed E-state index contributed by atoms with van der Waals surface area (Å²) in [6.45, 7) is -0.0293. The van der Waals surface area contributed by atoms with Crippen LogP contribution in [-0.2, 0) is 20.9 Å². The van der Waals surface area contributed by atoms with Crippen molar-refractivity contribution in [3.63, 3.8) is 0 Å². The standard InChI is InChI=1S/C19H20N2O4/c22-17-13-7-4-8-14(17)10-15(9-13)19(23)24-11-16-20-21-18(25-16)12-5-2-1-3-6-12/h1-3,5-6,13-15H,4,7-11H2. The molecule has 2 atom stereocenters. The molecule has 0 N–H and O–H groups in total. The van der Waals surface area contributed by atoms with Crippen molar-refractivity contribution in [2.24, 2.45) is 17.8 Å². The molecule has 2 aliphatic rings. The lowest BCUT2D eigenvalue weighted by Crippen LogP contribution is -2.39. The van der Waals surface area contributed by atoms with Crippen LogP contribution in [0.25, 0.3) is 11.5 Å². The summed E-state index contributed by atoms with van der Waals surface area (Å²) >= 11 is 0. The first-order valence-corrected chi connectivity index (χ1v) is 8.79. The van der Waals surface area contributed by atoms with Crippen LogP contribution in [0.1, 0.15) is 38.0 Å². The van der Waals surface area contributed by atoms with Crippen LogP contribution < -0.4 is 0 Å². The highest BCUT2D eigenvalue weighted by atomic mass is 16.5. The van der Waals surface area contributed by atoms with Crippen LogP contribution in [0.3, 0.4) is 0 Å². The Hall–Kier alpha value is -2.50. The monoisotopic (exact) mass is 340 g/mol. The van der Waals surface area contributed by atoms with Crippen molar-refractivity contribution in [1.29, 1.82) is 0 Å². The zero-order chi connectivity index (χ0) is 17.2. The maximum atomic E-state index is 12.4. The molecule has 1 aromatic heterocycles. The summed E-state index contributed by atoms with van der Waals surface area (Å²) in [5, 5.41) is 7.91. The fourth-order valence-electron chi connectivity index (χ4n) is 3.93. The molecule has 130 valence electrons. The molecule has 2 aromatic rings. The van der Waals surface area contributed by atoms with Gasteiger partial charge >= 0.3 is 5.97 Å². The summed E-state index contributed by atoms with van der Waals surface area (Å²) < 4.78 is 10.9. The second-order valence-electron chi connectivity index (χ2n) is 6.87. The fourth-order valence-corrected chi connectivity index (χ4v) is 3.93. The van der Waals surface area contributed by atoms with Crippen molar-refractivity contribution >= 4 is 11.8 Å². The molecule has 4 rings (SSSR count). The predicted molar refractivity (Wildman–Crippen MR) is 88.1 cm³/mol. The Morgan fingerprint density at radius 3 is 2.56 bits per heavy atom. The molecule has 1 aromatic carbocycles. The van der Waals surface area contributed by atoms with Gasteiger partial charge in [-0.1, -0.05) is 24.6 Å². The lowest BCUT2D eigenvalue weighted by molar-refractivity contribution is -0.155. The third kappa shape index (κ3) is 3.34. The number of carbonyl (C=O) groups excluding carboxylic acids is 2. The van der Waals surface area contributed by atoms with E-state index in [2.05, 4.69) is 10.2 Å². The molecule has 6 nitrogen and oxygen atoms in total. The van der Waals surface area contributed by atoms with Gasteiger partial charge in [0.05, 0.1) is 5.92 Å². The highest BCUT2D eigenvalue weighted by Gasteiger charge is 2.41. The van der Waals surface area contributed by atoms with Crippen LogP contribution >= 0.6 is 0 Å². The molecule has 2 aliphatic carbocycles. The zero-order valence-electron chi connectivity index (χ0n) is 13.9. The highest BCUT2D eigenvalue weighted by Crippen LogP contribution is 2.40. The molecule has 25 heavy (non-hydrogen) atoms. The molecule has 2 unspecified atom stereocenters. The van der Waals surface area contributed by atoms with Crippen LogP contribution in [0, 0.1) is 17.8 Å². The van der Waals surface area contributed by atoms with E-state index >= 15 is 0 Å². The first kappa shape index (κ1) is 16.0. The molecule has 6 heteroatoms. The largest absolute Gasteiger partial charge is 0.455 e. The maximum absolute atomic E-state index is 12.4. The van der Waals surface area contributed by atoms with Crippen molar-refractivity contribution in [2.75, 3.05) is 0 Å². The van der Waals surface area contributed by atoms with Gasteiger partial charge in [-0.05, 0) is 37.8 Å². The molecule has 2 bridgehead atoms. The number of fused-ring (bicyclic) bond motifs is 2. The highest BCUT2D eigenvalue weighted by molar-refractivity contribution is 5.87. The minimum absolute atomic E-state index is 0.0293. The van der Waals surface area contributed by atoms with Crippen molar-refractivity contribution in [2.45, 2.75) is 38.7 Å². The Morgan fingerprint density at radius 1 is 1.12 bits per heavy atom. The second kappa shape index (κ2) is 6.78. The molecule has 2 fully saturated rings. The van der Waals surface area contributed by atoms with Crippen LogP contribution in [0.15, 0.2) is 34.7 Å². The average molecular weight is 340 g/mol. The Kier molecular flexibility index (Phi) is 4.34. The zero-order valence-corrected chi connectivity index (χ0v) is 13.9. The maximum Gasteiger partial charge on any atom is 0.309 e. The minimum Gasteiger partial charge on any atom is -0.455 e. The van der Waals surface area contributed by atoms with Gasteiger partial charge in [-0.25, -0.2) is 0 Å². The number of Topliss-reactive ketones (excluding diaryl/α,β-unsaturated/α-hetero) is 1. The molecular weight excluding hydrogens is 320 g/mol. The van der Waals surface area contributed by atoms with Gasteiger partial charge in [0, 0.05) is 17.4 Å². The van der Waals surface area contributed by atoms with Crippen LogP contribution in [0.5, 0.6) is 0 Å². The minimum atomic E-state index is -0.260. The molecule has 0 saturated heterocycles. The van der Waals surface area contributed by atoms with Crippen molar-refractivity contribution in [3.05, 3.63) is 36.2 Å². The number of hydrogen-bond donors (Lipinski definition) is 0. The normalized spacial score (nSPS) is 25.6. The number of nitrogens with zero attached hydrogens (tertiary/aromatic N) is 2. The van der Waals surface area contributed by atoms with Gasteiger partial charge in [-0.15, -0.1) is 10.2 Å². The fraction of sp³-hybridized carbons (Fsp3) is 0.474. The van der Waals surface area contributed by atoms with E-state index in [4.69, 9.17) is 9.15 Å². The Morgan fingerprint density at radius 2 is 1.84 bits per heavy atom. The number of ether oxygens (including phenoxy) is 1. The molecule has 0 amide bonds. The van der Waals surface area contributed by atoms with Crippen molar-refractivity contribution < 1.29 is 18.7 Å². The predicted octanol–water partition coefficient (Wildman–Crippen LogP) is 3.18. The van der Waals surface area contributed by atoms with Gasteiger partial charge in [0.15, 0.2) is 6.61 Å². The van der Waals surface area contributed by atoms with E-state index in [-0.39, 0.29) is 36.2 Å². The Bertz CT molecular complexity index is 755. The number of rotatable bonds is 4. The van der Waals surface area contributed by atoms with Gasteiger partial charge < -0.3 is 9.15 Å². The lowest BCUT2D eigenvalue weighted by atomic mass is 9.67. The van der Waals surface area contributed by atoms with E-state index < -0.39 is 0 Å². The van der Waals surface area contributed by atoms with Gasteiger partial charge in [-0.3, -0.25) is 9.59 Å². The molecular formula is C19H20N2O4. The Labute approximate surface area is 145 Å². The van der Waals surface area contributed by atoms with Gasteiger partial charge in [0.1, 0.15) is 5.78 Å². The number of aromatic nitrogens is 2. The van der Waals surface area contributed by atoms with Crippen LogP contribution in [-0.4, -0.2) is 21.9 Å². The summed E-state index contributed by atoms with van der Waals surface area (Å²) in [5.41, 5.74) is 0.825. The number of hydrogen-bond acceptors (Lipinski definition) is 6. The summed E-state index contributed by atoms with van der Waals surface area (Å²) in [6, 6.07) is 9.44. The van der Waals surface area contributed by atoms with E-state index in [0.29, 0.717) is 24.5 Å². The van der Waals surface area contributed by atoms with E-state index in [1.165, 1.54) is 0 Å². The van der Waals surface area contributed by atoms with Crippen LogP contribution in [0.4, 0.5) is 0 Å². The first-order chi connectivity index (χ1) is 12.2. The smallest absolute Gasteiger partial charge is 0.309 e. The summed E-state index contributed by atoms with van der Waals surface area (Å²) in [6.07, 6.45) is 4.14. The second-order valence-corrected chi connectivity index (χ2v) is 6.87. The molecule has 2 saturated carbocycles. The van der Waals surface area contributed by atoms with Crippen molar-refractivity contribution in [1.82, 2.24) is 10.2 Å². The van der Waals surface area contributed by atoms with E-state index in [1.807, 2.05) is 30.3 Å². The van der Waals surface area contributed by atoms with E-state index in [9.17, 15) is 9.59 Å².